The molecule has 1 aliphatic heterocycles. The van der Waals surface area contributed by atoms with E-state index in [2.05, 4.69) is 4.72 Å². The number of hydrogen-bond acceptors (Lipinski definition) is 6. The summed E-state index contributed by atoms with van der Waals surface area (Å²) in [6.07, 6.45) is 1.57. The maximum Gasteiger partial charge on any atom is 0.247 e. The molecule has 1 aliphatic rings. The Morgan fingerprint density at radius 2 is 1.65 bits per heavy atom. The van der Waals surface area contributed by atoms with E-state index < -0.39 is 10.0 Å². The van der Waals surface area contributed by atoms with Gasteiger partial charge in [-0.25, -0.2) is 27.8 Å². The Morgan fingerprint density at radius 3 is 2.40 bits per heavy atom. The van der Waals surface area contributed by atoms with E-state index in [4.69, 9.17) is 26.7 Å². The highest BCUT2D eigenvalue weighted by atomic mass is 35.5. The molecule has 6 rings (SSSR count). The number of benzene rings is 4. The van der Waals surface area contributed by atoms with Gasteiger partial charge in [-0.1, -0.05) is 66.2 Å². The molecular weight excluding hydrogens is 549 g/mol. The van der Waals surface area contributed by atoms with Crippen LogP contribution >= 0.6 is 11.6 Å². The number of hydrazone groups is 1. The molecule has 0 saturated carbocycles. The predicted octanol–water partition coefficient (Wildman–Crippen LogP) is 6.82. The zero-order valence-corrected chi connectivity index (χ0v) is 22.9. The summed E-state index contributed by atoms with van der Waals surface area (Å²) in [7, 11) is -3.45. The molecule has 0 aliphatic carbocycles. The van der Waals surface area contributed by atoms with Crippen LogP contribution in [0.1, 0.15) is 23.6 Å². The van der Waals surface area contributed by atoms with Gasteiger partial charge in [0.1, 0.15) is 5.82 Å². The Morgan fingerprint density at radius 1 is 0.900 bits per heavy atom. The largest absolute Gasteiger partial charge is 0.284 e. The molecule has 4 aromatic carbocycles. The first-order valence-corrected chi connectivity index (χ1v) is 14.7. The van der Waals surface area contributed by atoms with E-state index in [9.17, 15) is 12.8 Å². The molecule has 10 heteroatoms. The second-order valence-corrected chi connectivity index (χ2v) is 11.7. The lowest BCUT2D eigenvalue weighted by Gasteiger charge is -2.23. The number of sulfonamides is 1. The van der Waals surface area contributed by atoms with Crippen molar-refractivity contribution in [1.29, 1.82) is 0 Å². The summed E-state index contributed by atoms with van der Waals surface area (Å²) in [6.45, 7) is 0. The highest BCUT2D eigenvalue weighted by molar-refractivity contribution is 7.92. The van der Waals surface area contributed by atoms with E-state index >= 15 is 0 Å². The van der Waals surface area contributed by atoms with Gasteiger partial charge in [0.15, 0.2) is 0 Å². The van der Waals surface area contributed by atoms with Crippen LogP contribution < -0.4 is 9.73 Å². The van der Waals surface area contributed by atoms with Gasteiger partial charge in [0.25, 0.3) is 0 Å². The normalized spacial score (nSPS) is 15.3. The number of hydrogen-bond donors (Lipinski definition) is 1. The van der Waals surface area contributed by atoms with Crippen LogP contribution in [0.25, 0.3) is 22.2 Å². The number of nitrogens with one attached hydrogen (secondary N) is 1. The third-order valence-electron chi connectivity index (χ3n) is 6.56. The summed E-state index contributed by atoms with van der Waals surface area (Å²) in [6, 6.07) is 28.3. The summed E-state index contributed by atoms with van der Waals surface area (Å²) >= 11 is 6.34. The van der Waals surface area contributed by atoms with Gasteiger partial charge in [0.05, 0.1) is 29.2 Å². The summed E-state index contributed by atoms with van der Waals surface area (Å²) in [4.78, 5) is 9.82. The number of nitrogens with zero attached hydrogens (tertiary/aromatic N) is 4. The fourth-order valence-corrected chi connectivity index (χ4v) is 5.52. The Kier molecular flexibility index (Phi) is 6.69. The van der Waals surface area contributed by atoms with Crippen molar-refractivity contribution in [2.45, 2.75) is 12.5 Å². The van der Waals surface area contributed by atoms with Crippen molar-refractivity contribution in [2.75, 3.05) is 16.0 Å². The number of fused-ring (bicyclic) bond motifs is 1. The third kappa shape index (κ3) is 5.38. The van der Waals surface area contributed by atoms with Crippen molar-refractivity contribution in [1.82, 2.24) is 9.97 Å². The van der Waals surface area contributed by atoms with Crippen LogP contribution in [-0.4, -0.2) is 30.4 Å². The number of aromatic nitrogens is 2. The van der Waals surface area contributed by atoms with Crippen molar-refractivity contribution in [2.24, 2.45) is 5.10 Å². The minimum absolute atomic E-state index is 0.324. The first kappa shape index (κ1) is 25.9. The molecule has 200 valence electrons. The van der Waals surface area contributed by atoms with Gasteiger partial charge in [-0.05, 0) is 53.6 Å². The van der Waals surface area contributed by atoms with E-state index in [0.29, 0.717) is 40.0 Å². The summed E-state index contributed by atoms with van der Waals surface area (Å²) in [5, 5.41) is 8.07. The Bertz CT molecular complexity index is 1870. The van der Waals surface area contributed by atoms with Gasteiger partial charge in [-0.3, -0.25) is 4.72 Å². The number of anilines is 2. The lowest BCUT2D eigenvalue weighted by Crippen LogP contribution is -2.21. The molecule has 0 radical (unpaired) electrons. The van der Waals surface area contributed by atoms with Gasteiger partial charge in [-0.15, -0.1) is 0 Å². The van der Waals surface area contributed by atoms with Gasteiger partial charge < -0.3 is 0 Å². The molecule has 5 aromatic rings. The molecule has 0 bridgehead atoms. The van der Waals surface area contributed by atoms with Gasteiger partial charge >= 0.3 is 0 Å². The van der Waals surface area contributed by atoms with Gasteiger partial charge in [-0.2, -0.15) is 5.10 Å². The van der Waals surface area contributed by atoms with Gasteiger partial charge in [0.2, 0.25) is 16.0 Å². The molecule has 0 fully saturated rings. The van der Waals surface area contributed by atoms with Crippen LogP contribution in [0.4, 0.5) is 16.0 Å². The highest BCUT2D eigenvalue weighted by Gasteiger charge is 2.32. The van der Waals surface area contributed by atoms with E-state index in [1.54, 1.807) is 41.4 Å². The monoisotopic (exact) mass is 571 g/mol. The highest BCUT2D eigenvalue weighted by Crippen LogP contribution is 2.38. The van der Waals surface area contributed by atoms with Crippen LogP contribution in [0.2, 0.25) is 5.02 Å². The second-order valence-electron chi connectivity index (χ2n) is 9.52. The van der Waals surface area contributed by atoms with E-state index in [0.717, 1.165) is 28.3 Å². The molecule has 0 amide bonds. The van der Waals surface area contributed by atoms with Crippen LogP contribution in [0, 0.1) is 5.82 Å². The fraction of sp³-hybridized carbons (Fsp3) is 0.100. The molecular formula is C30H23ClFN5O2S. The number of rotatable bonds is 6. The standard InChI is InChI=1S/C30H23ClFN5O2S/c1-40(38,39)36-24-9-5-8-21(16-24)27-18-28(19-10-13-23(32)14-11-19)37(35-27)30-33-26-15-12-22(31)17-25(26)29(34-30)20-6-3-2-4-7-20/h2-17,28,36H,18H2,1H3/t28-/m0/s1. The average Bonchev–Trinajstić information content (AvgIpc) is 3.38. The smallest absolute Gasteiger partial charge is 0.247 e. The zero-order chi connectivity index (χ0) is 27.9. The van der Waals surface area contributed by atoms with Crippen molar-refractivity contribution < 1.29 is 12.8 Å². The van der Waals surface area contributed by atoms with Crippen LogP contribution in [-0.2, 0) is 10.0 Å². The van der Waals surface area contributed by atoms with E-state index in [1.807, 2.05) is 48.5 Å². The molecule has 0 saturated heterocycles. The van der Waals surface area contributed by atoms with Crippen LogP contribution in [0.5, 0.6) is 0 Å². The molecule has 1 N–H and O–H groups in total. The maximum absolute atomic E-state index is 13.8. The molecule has 40 heavy (non-hydrogen) atoms. The lowest BCUT2D eigenvalue weighted by molar-refractivity contribution is 0.607. The SMILES string of the molecule is CS(=O)(=O)Nc1cccc(C2=NN(c3nc(-c4ccccc4)c4cc(Cl)ccc4n3)[C@H](c3ccc(F)cc3)C2)c1. The Balaban J connectivity index is 1.50. The third-order valence-corrected chi connectivity index (χ3v) is 7.40. The minimum atomic E-state index is -3.45. The molecule has 1 atom stereocenters. The minimum Gasteiger partial charge on any atom is -0.284 e. The summed E-state index contributed by atoms with van der Waals surface area (Å²) in [5.41, 5.74) is 5.06. The van der Waals surface area contributed by atoms with Crippen LogP contribution in [0.15, 0.2) is 102 Å². The quantitative estimate of drug-likeness (QED) is 0.242. The molecule has 1 aromatic heterocycles. The first-order valence-electron chi connectivity index (χ1n) is 12.5. The molecule has 7 nitrogen and oxygen atoms in total. The molecule has 0 unspecified atom stereocenters. The van der Waals surface area contributed by atoms with Gasteiger partial charge in [0, 0.05) is 28.1 Å². The fourth-order valence-electron chi connectivity index (χ4n) is 4.80. The van der Waals surface area contributed by atoms with Crippen molar-refractivity contribution in [3.63, 3.8) is 0 Å². The first-order chi connectivity index (χ1) is 19.2. The number of halogens is 2. The average molecular weight is 572 g/mol. The molecule has 0 spiro atoms. The predicted molar refractivity (Wildman–Crippen MR) is 158 cm³/mol. The summed E-state index contributed by atoms with van der Waals surface area (Å²) in [5.74, 6) is 0.0441. The van der Waals surface area contributed by atoms with E-state index in [-0.39, 0.29) is 11.9 Å². The Hall–Kier alpha value is -4.34. The maximum atomic E-state index is 13.8. The van der Waals surface area contributed by atoms with Crippen molar-refractivity contribution >= 4 is 49.9 Å². The lowest BCUT2D eigenvalue weighted by atomic mass is 9.98. The molecule has 2 heterocycles. The topological polar surface area (TPSA) is 87.5 Å². The van der Waals surface area contributed by atoms with Crippen molar-refractivity contribution in [3.8, 4) is 11.3 Å². The van der Waals surface area contributed by atoms with Crippen molar-refractivity contribution in [3.05, 3.63) is 119 Å². The zero-order valence-electron chi connectivity index (χ0n) is 21.3. The van der Waals surface area contributed by atoms with Crippen LogP contribution in [0.3, 0.4) is 0 Å². The second kappa shape index (κ2) is 10.3. The van der Waals surface area contributed by atoms with E-state index in [1.165, 1.54) is 12.1 Å². The summed E-state index contributed by atoms with van der Waals surface area (Å²) < 4.78 is 40.0. The Labute approximate surface area is 236 Å².